The minimum Gasteiger partial charge on any atom is -0.393 e. The molecule has 1 saturated heterocycles. The summed E-state index contributed by atoms with van der Waals surface area (Å²) >= 11 is 9.54. The number of rotatable bonds is 5. The molecule has 3 heterocycles. The Balaban J connectivity index is 1.70. The Morgan fingerprint density at radius 2 is 2.11 bits per heavy atom. The van der Waals surface area contributed by atoms with Gasteiger partial charge in [-0.15, -0.1) is 23.1 Å². The molecule has 1 atom stereocenters. The van der Waals surface area contributed by atoms with Crippen LogP contribution in [0.5, 0.6) is 0 Å². The van der Waals surface area contributed by atoms with Crippen LogP contribution in [0.4, 0.5) is 5.82 Å². The Kier molecular flexibility index (Phi) is 5.85. The minimum absolute atomic E-state index is 0.273. The molecule has 0 amide bonds. The van der Waals surface area contributed by atoms with Gasteiger partial charge in [-0.25, -0.2) is 4.98 Å². The van der Waals surface area contributed by atoms with Crippen LogP contribution in [0.15, 0.2) is 35.2 Å². The van der Waals surface area contributed by atoms with Crippen molar-refractivity contribution in [3.63, 3.8) is 0 Å². The molecule has 0 aliphatic carbocycles. The van der Waals surface area contributed by atoms with Gasteiger partial charge in [-0.05, 0) is 42.3 Å². The largest absolute Gasteiger partial charge is 0.393 e. The normalized spacial score (nSPS) is 16.0. The standard InChI is InChI=1S/C19H20ClN3O2S2/c1-12(24)11-26-14-4-2-3-13(9-14)16-10-15-17(27-16)18(22-19(20)21-15)23-5-7-25-8-6-23/h2-4,9-10,12,24H,5-8,11H2,1H3. The van der Waals surface area contributed by atoms with Crippen molar-refractivity contribution in [2.24, 2.45) is 0 Å². The molecular formula is C19H20ClN3O2S2. The fourth-order valence-corrected chi connectivity index (χ4v) is 5.08. The molecule has 4 rings (SSSR count). The molecule has 1 aliphatic heterocycles. The van der Waals surface area contributed by atoms with Crippen LogP contribution < -0.4 is 4.90 Å². The predicted octanol–water partition coefficient (Wildman–Crippen LogP) is 4.32. The van der Waals surface area contributed by atoms with E-state index in [-0.39, 0.29) is 11.4 Å². The van der Waals surface area contributed by atoms with E-state index in [0.717, 1.165) is 44.5 Å². The highest BCUT2D eigenvalue weighted by molar-refractivity contribution is 7.99. The van der Waals surface area contributed by atoms with Gasteiger partial charge in [-0.3, -0.25) is 0 Å². The summed E-state index contributed by atoms with van der Waals surface area (Å²) in [6, 6.07) is 10.4. The molecule has 142 valence electrons. The molecule has 0 spiro atoms. The van der Waals surface area contributed by atoms with Gasteiger partial charge in [0.05, 0.1) is 29.5 Å². The quantitative estimate of drug-likeness (QED) is 0.489. The first-order valence-corrected chi connectivity index (χ1v) is 11.0. The van der Waals surface area contributed by atoms with E-state index in [9.17, 15) is 5.11 Å². The number of thioether (sulfide) groups is 1. The zero-order chi connectivity index (χ0) is 18.8. The Labute approximate surface area is 171 Å². The van der Waals surface area contributed by atoms with Crippen LogP contribution in [0, 0.1) is 0 Å². The Hall–Kier alpha value is -1.38. The highest BCUT2D eigenvalue weighted by Gasteiger charge is 2.19. The zero-order valence-electron chi connectivity index (χ0n) is 14.9. The molecule has 0 radical (unpaired) electrons. The summed E-state index contributed by atoms with van der Waals surface area (Å²) in [7, 11) is 0. The van der Waals surface area contributed by atoms with E-state index in [2.05, 4.69) is 39.1 Å². The van der Waals surface area contributed by atoms with Gasteiger partial charge in [0.2, 0.25) is 5.28 Å². The van der Waals surface area contributed by atoms with E-state index in [1.54, 1.807) is 30.0 Å². The second-order valence-electron chi connectivity index (χ2n) is 6.43. The van der Waals surface area contributed by atoms with Crippen molar-refractivity contribution in [1.29, 1.82) is 0 Å². The van der Waals surface area contributed by atoms with Gasteiger partial charge in [0.25, 0.3) is 0 Å². The number of morpholine rings is 1. The van der Waals surface area contributed by atoms with Crippen LogP contribution in [0.3, 0.4) is 0 Å². The van der Waals surface area contributed by atoms with Crippen molar-refractivity contribution in [3.05, 3.63) is 35.6 Å². The average molecular weight is 422 g/mol. The molecule has 0 saturated carbocycles. The number of halogens is 1. The third-order valence-electron chi connectivity index (χ3n) is 4.25. The molecule has 1 aromatic carbocycles. The summed E-state index contributed by atoms with van der Waals surface area (Å²) in [6.45, 7) is 4.81. The van der Waals surface area contributed by atoms with Crippen molar-refractivity contribution in [3.8, 4) is 10.4 Å². The summed E-state index contributed by atoms with van der Waals surface area (Å²) < 4.78 is 6.51. The number of hydrogen-bond donors (Lipinski definition) is 1. The van der Waals surface area contributed by atoms with Gasteiger partial charge >= 0.3 is 0 Å². The molecule has 2 aromatic heterocycles. The molecule has 1 fully saturated rings. The number of benzene rings is 1. The van der Waals surface area contributed by atoms with Crippen molar-refractivity contribution >= 4 is 50.7 Å². The van der Waals surface area contributed by atoms with E-state index in [4.69, 9.17) is 16.3 Å². The van der Waals surface area contributed by atoms with Gasteiger partial charge in [0.15, 0.2) is 5.82 Å². The molecule has 0 bridgehead atoms. The minimum atomic E-state index is -0.323. The summed E-state index contributed by atoms with van der Waals surface area (Å²) in [5.74, 6) is 1.57. The first-order chi connectivity index (χ1) is 13.1. The fourth-order valence-electron chi connectivity index (χ4n) is 2.97. The van der Waals surface area contributed by atoms with Gasteiger partial charge in [-0.1, -0.05) is 12.1 Å². The molecule has 1 aliphatic rings. The number of fused-ring (bicyclic) bond motifs is 1. The lowest BCUT2D eigenvalue weighted by Gasteiger charge is -2.28. The number of anilines is 1. The maximum absolute atomic E-state index is 9.52. The summed E-state index contributed by atoms with van der Waals surface area (Å²) in [5, 5.41) is 9.79. The zero-order valence-corrected chi connectivity index (χ0v) is 17.3. The van der Waals surface area contributed by atoms with Crippen molar-refractivity contribution in [1.82, 2.24) is 9.97 Å². The second-order valence-corrected chi connectivity index (χ2v) is 8.91. The number of aliphatic hydroxyl groups is 1. The summed E-state index contributed by atoms with van der Waals surface area (Å²) in [5.41, 5.74) is 2.01. The Morgan fingerprint density at radius 3 is 2.89 bits per heavy atom. The molecular weight excluding hydrogens is 402 g/mol. The maximum Gasteiger partial charge on any atom is 0.224 e. The SMILES string of the molecule is CC(O)CSc1cccc(-c2cc3nc(Cl)nc(N4CCOCC4)c3s2)c1. The molecule has 8 heteroatoms. The highest BCUT2D eigenvalue weighted by Crippen LogP contribution is 2.39. The van der Waals surface area contributed by atoms with Gasteiger partial charge in [-0.2, -0.15) is 4.98 Å². The number of aromatic nitrogens is 2. The number of nitrogens with zero attached hydrogens (tertiary/aromatic N) is 3. The molecule has 1 N–H and O–H groups in total. The van der Waals surface area contributed by atoms with Crippen molar-refractivity contribution < 1.29 is 9.84 Å². The third-order valence-corrected chi connectivity index (χ3v) is 6.82. The lowest BCUT2D eigenvalue weighted by Crippen LogP contribution is -2.36. The van der Waals surface area contributed by atoms with Crippen LogP contribution in [0.25, 0.3) is 20.7 Å². The van der Waals surface area contributed by atoms with E-state index in [0.29, 0.717) is 19.0 Å². The lowest BCUT2D eigenvalue weighted by atomic mass is 10.2. The van der Waals surface area contributed by atoms with Gasteiger partial charge in [0.1, 0.15) is 0 Å². The number of hydrogen-bond acceptors (Lipinski definition) is 7. The number of thiophene rings is 1. The summed E-state index contributed by atoms with van der Waals surface area (Å²) in [4.78, 5) is 13.4. The van der Waals surface area contributed by atoms with Crippen molar-refractivity contribution in [2.45, 2.75) is 17.9 Å². The van der Waals surface area contributed by atoms with E-state index in [1.165, 1.54) is 0 Å². The lowest BCUT2D eigenvalue weighted by molar-refractivity contribution is 0.122. The number of ether oxygens (including phenoxy) is 1. The van der Waals surface area contributed by atoms with Crippen LogP contribution in [-0.2, 0) is 4.74 Å². The van der Waals surface area contributed by atoms with E-state index >= 15 is 0 Å². The van der Waals surface area contributed by atoms with Crippen LogP contribution in [0.2, 0.25) is 5.28 Å². The van der Waals surface area contributed by atoms with Gasteiger partial charge < -0.3 is 14.7 Å². The average Bonchev–Trinajstić information content (AvgIpc) is 3.10. The molecule has 27 heavy (non-hydrogen) atoms. The Morgan fingerprint density at radius 1 is 1.30 bits per heavy atom. The van der Waals surface area contributed by atoms with Gasteiger partial charge in [0, 0.05) is 28.6 Å². The van der Waals surface area contributed by atoms with Crippen LogP contribution in [0.1, 0.15) is 6.92 Å². The van der Waals surface area contributed by atoms with Crippen molar-refractivity contribution in [2.75, 3.05) is 37.0 Å². The van der Waals surface area contributed by atoms with Crippen LogP contribution >= 0.6 is 34.7 Å². The maximum atomic E-state index is 9.52. The Bertz CT molecular complexity index is 942. The van der Waals surface area contributed by atoms with E-state index < -0.39 is 0 Å². The molecule has 1 unspecified atom stereocenters. The molecule has 5 nitrogen and oxygen atoms in total. The van der Waals surface area contributed by atoms with E-state index in [1.807, 2.05) is 6.07 Å². The fraction of sp³-hybridized carbons (Fsp3) is 0.368. The highest BCUT2D eigenvalue weighted by atomic mass is 35.5. The summed E-state index contributed by atoms with van der Waals surface area (Å²) in [6.07, 6.45) is -0.323. The second kappa shape index (κ2) is 8.32. The smallest absolute Gasteiger partial charge is 0.224 e. The monoisotopic (exact) mass is 421 g/mol. The topological polar surface area (TPSA) is 58.5 Å². The predicted molar refractivity (Wildman–Crippen MR) is 113 cm³/mol. The first kappa shape index (κ1) is 19.0. The first-order valence-electron chi connectivity index (χ1n) is 8.81. The third kappa shape index (κ3) is 4.38. The van der Waals surface area contributed by atoms with Crippen LogP contribution in [-0.4, -0.2) is 53.2 Å². The number of aliphatic hydroxyl groups excluding tert-OH is 1. The molecule has 3 aromatic rings.